The van der Waals surface area contributed by atoms with Crippen molar-refractivity contribution < 1.29 is 24.1 Å². The van der Waals surface area contributed by atoms with Gasteiger partial charge in [-0.15, -0.1) is 0 Å². The Hall–Kier alpha value is -2.24. The predicted octanol–water partition coefficient (Wildman–Crippen LogP) is 5.86. The van der Waals surface area contributed by atoms with Gasteiger partial charge in [0.1, 0.15) is 29.8 Å². The van der Waals surface area contributed by atoms with Crippen LogP contribution in [0, 0.1) is 11.8 Å². The molecule has 31 heavy (non-hydrogen) atoms. The van der Waals surface area contributed by atoms with Crippen LogP contribution in [0.15, 0.2) is 42.5 Å². The Morgan fingerprint density at radius 3 is 2.58 bits per heavy atom. The quantitative estimate of drug-likeness (QED) is 0.625. The van der Waals surface area contributed by atoms with Crippen LogP contribution in [0.25, 0.3) is 0 Å². The molecule has 0 aliphatic carbocycles. The molecule has 4 atom stereocenters. The average molecular weight is 445 g/mol. The number of para-hydroxylation sites is 1. The molecule has 2 aliphatic heterocycles. The van der Waals surface area contributed by atoms with Crippen molar-refractivity contribution >= 4 is 17.6 Å². The zero-order valence-electron chi connectivity index (χ0n) is 18.3. The molecular weight excluding hydrogens is 416 g/mol. The Kier molecular flexibility index (Phi) is 5.93. The average Bonchev–Trinajstić information content (AvgIpc) is 2.72. The molecule has 0 radical (unpaired) electrons. The lowest BCUT2D eigenvalue weighted by molar-refractivity contribution is -0.192. The summed E-state index contributed by atoms with van der Waals surface area (Å²) in [6.45, 7) is 8.49. The molecule has 0 spiro atoms. The van der Waals surface area contributed by atoms with Gasteiger partial charge in [-0.2, -0.15) is 0 Å². The zero-order chi connectivity index (χ0) is 22.3. The molecule has 0 saturated carbocycles. The molecule has 2 heterocycles. The summed E-state index contributed by atoms with van der Waals surface area (Å²) < 4.78 is 18.8. The Bertz CT molecular complexity index is 953. The van der Waals surface area contributed by atoms with E-state index in [0.717, 1.165) is 16.9 Å². The Balaban J connectivity index is 1.65. The minimum Gasteiger partial charge on any atom is -0.491 e. The first-order valence-electron chi connectivity index (χ1n) is 10.8. The maximum Gasteiger partial charge on any atom is 0.309 e. The van der Waals surface area contributed by atoms with Gasteiger partial charge < -0.3 is 19.3 Å². The topological polar surface area (TPSA) is 65.0 Å². The Morgan fingerprint density at radius 1 is 1.23 bits per heavy atom. The van der Waals surface area contributed by atoms with E-state index < -0.39 is 23.6 Å². The second-order valence-electron chi connectivity index (χ2n) is 9.27. The molecular formula is C25H29ClO5. The lowest BCUT2D eigenvalue weighted by Crippen LogP contribution is -2.53. The molecule has 1 N–H and O–H groups in total. The van der Waals surface area contributed by atoms with Crippen molar-refractivity contribution in [2.75, 3.05) is 6.61 Å². The van der Waals surface area contributed by atoms with Gasteiger partial charge in [-0.3, -0.25) is 4.79 Å². The number of halogens is 1. The van der Waals surface area contributed by atoms with Crippen LogP contribution in [0.4, 0.5) is 0 Å². The van der Waals surface area contributed by atoms with E-state index in [1.807, 2.05) is 26.0 Å². The molecule has 0 amide bonds. The van der Waals surface area contributed by atoms with Gasteiger partial charge in [-0.25, -0.2) is 0 Å². The number of carbonyl (C=O) groups is 1. The fourth-order valence-electron chi connectivity index (χ4n) is 4.70. The molecule has 2 aromatic carbocycles. The minimum absolute atomic E-state index is 0.0738. The Morgan fingerprint density at radius 2 is 1.94 bits per heavy atom. The van der Waals surface area contributed by atoms with Gasteiger partial charge in [0, 0.05) is 16.5 Å². The highest BCUT2D eigenvalue weighted by atomic mass is 35.5. The van der Waals surface area contributed by atoms with Gasteiger partial charge in [0.25, 0.3) is 0 Å². The van der Waals surface area contributed by atoms with Crippen molar-refractivity contribution in [3.8, 4) is 11.5 Å². The molecule has 2 aliphatic rings. The Labute approximate surface area is 188 Å². The number of benzene rings is 2. The third kappa shape index (κ3) is 4.26. The van der Waals surface area contributed by atoms with Crippen molar-refractivity contribution in [2.24, 2.45) is 11.8 Å². The molecule has 1 saturated heterocycles. The third-order valence-corrected chi connectivity index (χ3v) is 6.70. The number of carboxylic acid groups (broad SMARTS) is 1. The van der Waals surface area contributed by atoms with Crippen LogP contribution < -0.4 is 9.47 Å². The minimum atomic E-state index is -0.874. The molecule has 1 fully saturated rings. The van der Waals surface area contributed by atoms with Gasteiger partial charge in [-0.05, 0) is 56.0 Å². The maximum atomic E-state index is 12.1. The molecule has 0 unspecified atom stereocenters. The van der Waals surface area contributed by atoms with Crippen LogP contribution >= 0.6 is 11.6 Å². The number of hydrogen-bond donors (Lipinski definition) is 1. The second-order valence-corrected chi connectivity index (χ2v) is 9.71. The first-order valence-corrected chi connectivity index (χ1v) is 11.1. The normalized spacial score (nSPS) is 26.5. The number of ether oxygens (including phenoxy) is 3. The fourth-order valence-corrected chi connectivity index (χ4v) is 4.82. The summed E-state index contributed by atoms with van der Waals surface area (Å²) >= 11 is 5.94. The molecule has 166 valence electrons. The number of fused-ring (bicyclic) bond motifs is 3. The standard InChI is InChI=1S/C25H29ClO5/c1-14(2)17-6-5-7-18-22(17)31-25(3,4)20-12-19(24(27)28)21(30-23(18)20)13-29-16-10-8-15(26)9-11-16/h5-11,14,19-21,23H,12-13H2,1-4H3,(H,27,28)/t19-,20+,21+,23-/m1/s1. The molecule has 2 aromatic rings. The summed E-state index contributed by atoms with van der Waals surface area (Å²) in [6.07, 6.45) is -0.349. The number of aliphatic carboxylic acids is 1. The highest BCUT2D eigenvalue weighted by Crippen LogP contribution is 2.53. The van der Waals surface area contributed by atoms with Gasteiger partial charge in [0.2, 0.25) is 0 Å². The van der Waals surface area contributed by atoms with Gasteiger partial charge >= 0.3 is 5.97 Å². The summed E-state index contributed by atoms with van der Waals surface area (Å²) in [5.41, 5.74) is 1.59. The second kappa shape index (κ2) is 8.36. The van der Waals surface area contributed by atoms with E-state index in [2.05, 4.69) is 19.9 Å². The summed E-state index contributed by atoms with van der Waals surface area (Å²) in [5.74, 6) is 0.188. The van der Waals surface area contributed by atoms with Crippen LogP contribution in [0.2, 0.25) is 5.02 Å². The van der Waals surface area contributed by atoms with E-state index in [1.54, 1.807) is 24.3 Å². The van der Waals surface area contributed by atoms with Gasteiger partial charge in [0.05, 0.1) is 12.0 Å². The van der Waals surface area contributed by atoms with Crippen LogP contribution in [0.1, 0.15) is 57.3 Å². The molecule has 0 bridgehead atoms. The van der Waals surface area contributed by atoms with E-state index in [-0.39, 0.29) is 18.6 Å². The van der Waals surface area contributed by atoms with E-state index in [4.69, 9.17) is 25.8 Å². The number of hydrogen-bond acceptors (Lipinski definition) is 4. The molecule has 0 aromatic heterocycles. The molecule has 6 heteroatoms. The highest BCUT2D eigenvalue weighted by Gasteiger charge is 2.52. The van der Waals surface area contributed by atoms with E-state index in [0.29, 0.717) is 23.1 Å². The van der Waals surface area contributed by atoms with Gasteiger partial charge in [0.15, 0.2) is 0 Å². The van der Waals surface area contributed by atoms with Crippen molar-refractivity contribution in [2.45, 2.75) is 57.8 Å². The lowest BCUT2D eigenvalue weighted by Gasteiger charge is -2.50. The van der Waals surface area contributed by atoms with Crippen LogP contribution in [0.5, 0.6) is 11.5 Å². The van der Waals surface area contributed by atoms with E-state index in [9.17, 15) is 9.90 Å². The van der Waals surface area contributed by atoms with Crippen molar-refractivity contribution in [3.05, 3.63) is 58.6 Å². The summed E-state index contributed by atoms with van der Waals surface area (Å²) in [7, 11) is 0. The van der Waals surface area contributed by atoms with Crippen molar-refractivity contribution in [1.29, 1.82) is 0 Å². The monoisotopic (exact) mass is 444 g/mol. The van der Waals surface area contributed by atoms with E-state index >= 15 is 0 Å². The van der Waals surface area contributed by atoms with Crippen LogP contribution in [-0.4, -0.2) is 29.4 Å². The lowest BCUT2D eigenvalue weighted by atomic mass is 9.71. The first kappa shape index (κ1) is 22.0. The highest BCUT2D eigenvalue weighted by molar-refractivity contribution is 6.30. The fraction of sp³-hybridized carbons (Fsp3) is 0.480. The SMILES string of the molecule is CC(C)c1cccc2c1OC(C)(C)[C@H]1C[C@@H](C(=O)O)[C@H](COc3ccc(Cl)cc3)O[C@H]21. The zero-order valence-corrected chi connectivity index (χ0v) is 19.1. The molecule has 4 rings (SSSR count). The maximum absolute atomic E-state index is 12.1. The predicted molar refractivity (Wildman–Crippen MR) is 119 cm³/mol. The molecule has 5 nitrogen and oxygen atoms in total. The van der Waals surface area contributed by atoms with Crippen molar-refractivity contribution in [3.63, 3.8) is 0 Å². The smallest absolute Gasteiger partial charge is 0.309 e. The summed E-state index contributed by atoms with van der Waals surface area (Å²) in [6, 6.07) is 13.2. The van der Waals surface area contributed by atoms with Crippen molar-refractivity contribution in [1.82, 2.24) is 0 Å². The first-order chi connectivity index (χ1) is 14.7. The van der Waals surface area contributed by atoms with E-state index in [1.165, 1.54) is 0 Å². The van der Waals surface area contributed by atoms with Crippen LogP contribution in [-0.2, 0) is 9.53 Å². The van der Waals surface area contributed by atoms with Crippen LogP contribution in [0.3, 0.4) is 0 Å². The largest absolute Gasteiger partial charge is 0.491 e. The number of carboxylic acids is 1. The summed E-state index contributed by atoms with van der Waals surface area (Å²) in [4.78, 5) is 12.1. The summed E-state index contributed by atoms with van der Waals surface area (Å²) in [5, 5.41) is 10.5. The van der Waals surface area contributed by atoms with Gasteiger partial charge in [-0.1, -0.05) is 43.6 Å². The third-order valence-electron chi connectivity index (χ3n) is 6.45. The number of rotatable bonds is 5.